The van der Waals surface area contributed by atoms with E-state index < -0.39 is 0 Å². The molecular weight excluding hydrogens is 1850 g/mol. The Hall–Kier alpha value is -16.8. The van der Waals surface area contributed by atoms with Crippen molar-refractivity contribution >= 4 is 208 Å². The highest BCUT2D eigenvalue weighted by atomic mass is 32.1. The lowest BCUT2D eigenvalue weighted by atomic mass is 9.35. The molecule has 16 heteroatoms. The minimum absolute atomic E-state index is 0.0252. The van der Waals surface area contributed by atoms with E-state index in [1.165, 1.54) is 126 Å². The fourth-order valence-electron chi connectivity index (χ4n) is 23.4. The van der Waals surface area contributed by atoms with Gasteiger partial charge in [0.25, 0.3) is 13.4 Å². The number of benzene rings is 16. The van der Waals surface area contributed by atoms with E-state index in [0.717, 1.165) is 135 Å². The van der Waals surface area contributed by atoms with E-state index in [0.29, 0.717) is 0 Å². The summed E-state index contributed by atoms with van der Waals surface area (Å²) in [7, 11) is 0. The third kappa shape index (κ3) is 15.7. The van der Waals surface area contributed by atoms with Gasteiger partial charge in [-0.2, -0.15) is 0 Å². The average Bonchev–Trinajstić information content (AvgIpc) is 1.44. The number of nitrogens with zero attached hydrogens (tertiary/aromatic N) is 9. The maximum absolute atomic E-state index is 7.16. The van der Waals surface area contributed by atoms with Crippen molar-refractivity contribution in [2.75, 3.05) is 24.5 Å². The molecule has 6 aliphatic heterocycles. The van der Waals surface area contributed by atoms with Crippen molar-refractivity contribution in [3.8, 4) is 56.1 Å². The second kappa shape index (κ2) is 35.5. The van der Waals surface area contributed by atoms with Crippen molar-refractivity contribution in [2.24, 2.45) is 0 Å². The third-order valence-corrected chi connectivity index (χ3v) is 32.4. The molecule has 0 fully saturated rings. The first kappa shape index (κ1) is 93.0. The van der Waals surface area contributed by atoms with Gasteiger partial charge in [-0.05, 0) is 267 Å². The van der Waals surface area contributed by atoms with Crippen LogP contribution in [0.15, 0.2) is 416 Å². The molecule has 22 aromatic rings. The Morgan fingerprint density at radius 3 is 1.31 bits per heavy atom. The Morgan fingerprint density at radius 1 is 0.267 bits per heavy atom. The molecule has 0 saturated carbocycles. The molecule has 0 spiro atoms. The fourth-order valence-corrected chi connectivity index (χ4v) is 24.7. The Bertz CT molecular complexity index is 9110. The monoisotopic (exact) mass is 1960 g/mol. The molecule has 726 valence electrons. The summed E-state index contributed by atoms with van der Waals surface area (Å²) in [6, 6.07) is 135. The van der Waals surface area contributed by atoms with Crippen molar-refractivity contribution in [1.29, 1.82) is 0 Å². The van der Waals surface area contributed by atoms with Crippen molar-refractivity contribution in [2.45, 2.75) is 131 Å². The molecule has 28 rings (SSSR count). The van der Waals surface area contributed by atoms with Crippen LogP contribution in [0.4, 0.5) is 85.3 Å². The summed E-state index contributed by atoms with van der Waals surface area (Å²) in [5.74, 6) is 1.61. The van der Waals surface area contributed by atoms with E-state index in [2.05, 4.69) is 508 Å². The number of fused-ring (bicyclic) bond motifs is 20. The number of anilines is 15. The zero-order valence-corrected chi connectivity index (χ0v) is 87.9. The molecule has 150 heavy (non-hydrogen) atoms. The highest BCUT2D eigenvalue weighted by Gasteiger charge is 2.51. The first-order valence-corrected chi connectivity index (χ1v) is 53.1. The van der Waals surface area contributed by atoms with Crippen molar-refractivity contribution in [3.05, 3.63) is 435 Å². The molecule has 0 atom stereocenters. The van der Waals surface area contributed by atoms with Gasteiger partial charge in [0.05, 0.1) is 51.9 Å². The summed E-state index contributed by atoms with van der Waals surface area (Å²) in [6.07, 6.45) is 11.4. The maximum Gasteiger partial charge on any atom is 0.301 e. The normalized spacial score (nSPS) is 13.5. The Balaban J connectivity index is 0.000000114. The molecule has 16 aromatic carbocycles. The number of hydrogen-bond acceptors (Lipinski definition) is 13. The van der Waals surface area contributed by atoms with Crippen LogP contribution in [0.1, 0.15) is 132 Å². The average molecular weight is 1960 g/mol. The van der Waals surface area contributed by atoms with E-state index >= 15 is 0 Å². The molecule has 6 aromatic heterocycles. The molecular formula is C134H112B3N9O3S. The summed E-state index contributed by atoms with van der Waals surface area (Å²) < 4.78 is 23.3. The summed E-state index contributed by atoms with van der Waals surface area (Å²) >= 11 is 1.94. The minimum atomic E-state index is -0.128. The molecule has 0 saturated heterocycles. The van der Waals surface area contributed by atoms with Crippen LogP contribution >= 0.6 is 11.3 Å². The number of furan rings is 2. The molecule has 6 aliphatic rings. The van der Waals surface area contributed by atoms with E-state index in [-0.39, 0.29) is 47.2 Å². The molecule has 0 bridgehead atoms. The van der Waals surface area contributed by atoms with Gasteiger partial charge in [0.2, 0.25) is 0 Å². The smallest absolute Gasteiger partial charge is 0.301 e. The zero-order chi connectivity index (χ0) is 102. The first-order valence-electron chi connectivity index (χ1n) is 52.2. The van der Waals surface area contributed by atoms with E-state index in [1.54, 1.807) is 12.5 Å². The van der Waals surface area contributed by atoms with Gasteiger partial charge in [0.1, 0.15) is 28.9 Å². The largest absolute Gasteiger partial charge is 0.468 e. The zero-order valence-electron chi connectivity index (χ0n) is 87.1. The van der Waals surface area contributed by atoms with Crippen LogP contribution in [0.25, 0.3) is 87.4 Å². The van der Waals surface area contributed by atoms with Gasteiger partial charge < -0.3 is 38.1 Å². The Labute approximate surface area is 882 Å². The van der Waals surface area contributed by atoms with Crippen LogP contribution in [0.2, 0.25) is 0 Å². The number of ether oxygens (including phenoxy) is 1. The topological polar surface area (TPSA) is 103 Å². The first-order chi connectivity index (χ1) is 72.6. The van der Waals surface area contributed by atoms with E-state index in [9.17, 15) is 0 Å². The van der Waals surface area contributed by atoms with Crippen molar-refractivity contribution in [3.63, 3.8) is 0 Å². The van der Waals surface area contributed by atoms with Gasteiger partial charge >= 0.3 is 6.71 Å². The lowest BCUT2D eigenvalue weighted by molar-refractivity contribution is 0.482. The molecule has 0 N–H and O–H groups in total. The van der Waals surface area contributed by atoms with Crippen LogP contribution in [-0.4, -0.2) is 40.1 Å². The standard InChI is InChI=1S/C49H42BN3O.C45H40BN3S.C40H30BN3O2/c1-48(2,3)34-21-18-31(19-22-34)32-12-10-15-37(28-32)53-42-17-11-16-41-44(42)50(47-46(53)39-29-35(49(4,5)6)23-25-43(39)54-47)40-24-20-33-30-51-27-26-38(33)45(40)52(41)36-13-8-7-9-14-36;1-44(2,3)31-21-19-29(20-22-31)30-13-12-16-34(25-30)49-39-28-47-27-38-41(39)46(36-17-10-11-18-37(36)48(38)33-14-8-7-9-15-33)43-42(49)35-26-32(45(4,5)6)23-24-40(35)50-43;1-40(2,3)28-16-12-25(13-17-28)26-14-18-31-34(23-26)44(29-8-5-4-6-9-29)33-10-7-11-36-37(33)41(31)39-38(45-36)30-22-27(15-19-35(30)46-39)32-20-21-42-24-43-32/h7-30H,1-6H3;7-28H,1-6H3;4-24H,1-3H3. The quantitative estimate of drug-likeness (QED) is 0.129. The Kier molecular flexibility index (Phi) is 22.0. The van der Waals surface area contributed by atoms with Crippen LogP contribution in [0, 0.1) is 0 Å². The number of hydrogen-bond donors (Lipinski definition) is 0. The summed E-state index contributed by atoms with van der Waals surface area (Å²) in [5, 5.41) is 5.65. The lowest BCUT2D eigenvalue weighted by Crippen LogP contribution is -2.61. The highest BCUT2D eigenvalue weighted by molar-refractivity contribution is 7.33. The van der Waals surface area contributed by atoms with Crippen molar-refractivity contribution in [1.82, 2.24) is 19.9 Å². The van der Waals surface area contributed by atoms with Gasteiger partial charge in [0, 0.05) is 123 Å². The minimum Gasteiger partial charge on any atom is -0.468 e. The second-order valence-electron chi connectivity index (χ2n) is 45.7. The molecule has 0 unspecified atom stereocenters. The van der Waals surface area contributed by atoms with Crippen molar-refractivity contribution < 1.29 is 13.6 Å². The predicted molar refractivity (Wildman–Crippen MR) is 632 cm³/mol. The van der Waals surface area contributed by atoms with Gasteiger partial charge in [-0.15, -0.1) is 11.3 Å². The molecule has 12 nitrogen and oxygen atoms in total. The van der Waals surface area contributed by atoms with E-state index in [1.807, 2.05) is 41.9 Å². The van der Waals surface area contributed by atoms with Crippen LogP contribution in [0.5, 0.6) is 11.5 Å². The molecule has 0 amide bonds. The molecule has 12 heterocycles. The Morgan fingerprint density at radius 2 is 0.713 bits per heavy atom. The second-order valence-corrected chi connectivity index (χ2v) is 46.8. The fraction of sp³-hybridized carbons (Fsp3) is 0.149. The lowest BCUT2D eigenvalue weighted by Gasteiger charge is -2.42. The summed E-state index contributed by atoms with van der Waals surface area (Å²) in [4.78, 5) is 30.2. The number of thiophene rings is 1. The van der Waals surface area contributed by atoms with Crippen LogP contribution in [0.3, 0.4) is 0 Å². The van der Waals surface area contributed by atoms with Gasteiger partial charge in [-0.1, -0.05) is 322 Å². The van der Waals surface area contributed by atoms with E-state index in [4.69, 9.17) is 18.6 Å². The molecule has 0 radical (unpaired) electrons. The van der Waals surface area contributed by atoms with Gasteiger partial charge in [0.15, 0.2) is 5.75 Å². The molecule has 0 aliphatic carbocycles. The van der Waals surface area contributed by atoms with Gasteiger partial charge in [-0.3, -0.25) is 9.97 Å². The predicted octanol–water partition coefficient (Wildman–Crippen LogP) is 30.2. The summed E-state index contributed by atoms with van der Waals surface area (Å²) in [5.41, 5.74) is 44.0. The number of para-hydroxylation sites is 4. The van der Waals surface area contributed by atoms with Crippen LogP contribution in [-0.2, 0) is 27.1 Å². The highest BCUT2D eigenvalue weighted by Crippen LogP contribution is 2.54. The number of pyridine rings is 2. The summed E-state index contributed by atoms with van der Waals surface area (Å²) in [6.45, 7) is 34.0. The number of aromatic nitrogens is 4. The maximum atomic E-state index is 7.16. The SMILES string of the molecule is CC(C)(C)c1ccc(-c2ccc3c(c2)N(c2ccccc2)c2cccc4c2B3c2oc3ccc(-c5ccncn5)cc3c2O4)cc1.CC(C)(C)c1ccc(-c2cccc(N3c4cccc5c4B(c4ccc6cnccc6c4N5c4ccccc4)c4oc5ccc(C(C)(C)C)cc5c43)c2)cc1.CC(C)(C)c1ccc(-c2cccc(N3c4cncc5c4B(c4ccccc4N5c4ccccc4)c4sc5ccc(C(C)(C)C)cc5c43)c2)cc1. The van der Waals surface area contributed by atoms with Gasteiger partial charge in [-0.25, -0.2) is 9.97 Å². The number of rotatable bonds is 9. The van der Waals surface area contributed by atoms with Crippen LogP contribution < -0.4 is 78.1 Å². The third-order valence-electron chi connectivity index (χ3n) is 31.2.